The SMILES string of the molecule is CCOC(=O)C1=C(CN2CCN(Cc3ccccc3C)CC2)NC(=O)NC1C. The Morgan fingerprint density at radius 2 is 1.79 bits per heavy atom. The zero-order valence-electron chi connectivity index (χ0n) is 17.0. The number of amides is 2. The van der Waals surface area contributed by atoms with Crippen LogP contribution in [0.15, 0.2) is 35.5 Å². The molecule has 1 atom stereocenters. The van der Waals surface area contributed by atoms with Crippen molar-refractivity contribution < 1.29 is 14.3 Å². The molecule has 152 valence electrons. The Labute approximate surface area is 166 Å². The molecule has 0 spiro atoms. The highest BCUT2D eigenvalue weighted by molar-refractivity contribution is 5.94. The van der Waals surface area contributed by atoms with Crippen molar-refractivity contribution in [3.05, 3.63) is 46.7 Å². The van der Waals surface area contributed by atoms with Crippen LogP contribution < -0.4 is 10.6 Å². The number of carbonyl (C=O) groups excluding carboxylic acids is 2. The Morgan fingerprint density at radius 3 is 2.43 bits per heavy atom. The van der Waals surface area contributed by atoms with Gasteiger partial charge in [-0.3, -0.25) is 9.80 Å². The number of carbonyl (C=O) groups is 2. The Balaban J connectivity index is 1.62. The van der Waals surface area contributed by atoms with Gasteiger partial charge in [0.1, 0.15) is 0 Å². The van der Waals surface area contributed by atoms with Gasteiger partial charge in [0, 0.05) is 45.0 Å². The lowest BCUT2D eigenvalue weighted by molar-refractivity contribution is -0.139. The fourth-order valence-corrected chi connectivity index (χ4v) is 3.76. The second-order valence-corrected chi connectivity index (χ2v) is 7.41. The van der Waals surface area contributed by atoms with Gasteiger partial charge >= 0.3 is 12.0 Å². The summed E-state index contributed by atoms with van der Waals surface area (Å²) in [5.41, 5.74) is 3.86. The second kappa shape index (κ2) is 9.21. The fraction of sp³-hybridized carbons (Fsp3) is 0.524. The standard InChI is InChI=1S/C21H30N4O3/c1-4-28-20(26)19-16(3)22-21(27)23-18(19)14-25-11-9-24(10-12-25)13-17-8-6-5-7-15(17)2/h5-8,16H,4,9-14H2,1-3H3,(H2,22,23,27). The van der Waals surface area contributed by atoms with Gasteiger partial charge in [-0.15, -0.1) is 0 Å². The normalized spacial score (nSPS) is 21.2. The molecule has 7 heteroatoms. The third kappa shape index (κ3) is 4.91. The average molecular weight is 386 g/mol. The van der Waals surface area contributed by atoms with Crippen LogP contribution in [0.4, 0.5) is 4.79 Å². The summed E-state index contributed by atoms with van der Waals surface area (Å²) < 4.78 is 5.19. The molecule has 0 saturated carbocycles. The van der Waals surface area contributed by atoms with Gasteiger partial charge < -0.3 is 15.4 Å². The summed E-state index contributed by atoms with van der Waals surface area (Å²) >= 11 is 0. The van der Waals surface area contributed by atoms with Crippen LogP contribution in [0.3, 0.4) is 0 Å². The maximum atomic E-state index is 12.4. The third-order valence-electron chi connectivity index (χ3n) is 5.37. The summed E-state index contributed by atoms with van der Waals surface area (Å²) in [6, 6.07) is 7.86. The summed E-state index contributed by atoms with van der Waals surface area (Å²) in [7, 11) is 0. The molecule has 1 fully saturated rings. The van der Waals surface area contributed by atoms with Crippen LogP contribution in [-0.4, -0.2) is 67.2 Å². The van der Waals surface area contributed by atoms with Gasteiger partial charge in [0.05, 0.1) is 18.2 Å². The molecule has 0 aliphatic carbocycles. The van der Waals surface area contributed by atoms with E-state index in [1.807, 2.05) is 6.92 Å². The van der Waals surface area contributed by atoms with E-state index < -0.39 is 0 Å². The minimum atomic E-state index is -0.365. The van der Waals surface area contributed by atoms with Gasteiger partial charge in [0.25, 0.3) is 0 Å². The van der Waals surface area contributed by atoms with Crippen LogP contribution in [0.2, 0.25) is 0 Å². The lowest BCUT2D eigenvalue weighted by Gasteiger charge is -2.36. The molecule has 1 unspecified atom stereocenters. The molecule has 1 aromatic rings. The van der Waals surface area contributed by atoms with Crippen molar-refractivity contribution in [2.24, 2.45) is 0 Å². The molecule has 1 aromatic carbocycles. The maximum Gasteiger partial charge on any atom is 0.337 e. The smallest absolute Gasteiger partial charge is 0.337 e. The maximum absolute atomic E-state index is 12.4. The Bertz CT molecular complexity index is 754. The number of piperazine rings is 1. The first-order chi connectivity index (χ1) is 13.5. The van der Waals surface area contributed by atoms with Crippen LogP contribution in [0.1, 0.15) is 25.0 Å². The lowest BCUT2D eigenvalue weighted by atomic mass is 10.0. The fourth-order valence-electron chi connectivity index (χ4n) is 3.76. The molecule has 2 N–H and O–H groups in total. The number of rotatable bonds is 6. The van der Waals surface area contributed by atoms with Gasteiger partial charge in [0.2, 0.25) is 0 Å². The third-order valence-corrected chi connectivity index (χ3v) is 5.37. The monoisotopic (exact) mass is 386 g/mol. The molecule has 7 nitrogen and oxygen atoms in total. The largest absolute Gasteiger partial charge is 0.463 e. The molecule has 0 aromatic heterocycles. The molecule has 2 aliphatic heterocycles. The van der Waals surface area contributed by atoms with Crippen molar-refractivity contribution >= 4 is 12.0 Å². The zero-order valence-corrected chi connectivity index (χ0v) is 17.0. The highest BCUT2D eigenvalue weighted by Crippen LogP contribution is 2.17. The number of esters is 1. The zero-order chi connectivity index (χ0) is 20.1. The Hall–Kier alpha value is -2.38. The average Bonchev–Trinajstić information content (AvgIpc) is 2.65. The van der Waals surface area contributed by atoms with Gasteiger partial charge in [-0.1, -0.05) is 24.3 Å². The highest BCUT2D eigenvalue weighted by Gasteiger charge is 2.31. The van der Waals surface area contributed by atoms with E-state index >= 15 is 0 Å². The van der Waals surface area contributed by atoms with E-state index in [2.05, 4.69) is 51.6 Å². The molecule has 28 heavy (non-hydrogen) atoms. The highest BCUT2D eigenvalue weighted by atomic mass is 16.5. The van der Waals surface area contributed by atoms with Crippen molar-refractivity contribution in [2.75, 3.05) is 39.3 Å². The molecule has 1 saturated heterocycles. The summed E-state index contributed by atoms with van der Waals surface area (Å²) in [5.74, 6) is -0.365. The van der Waals surface area contributed by atoms with E-state index in [0.29, 0.717) is 24.4 Å². The van der Waals surface area contributed by atoms with E-state index in [4.69, 9.17) is 4.74 Å². The first kappa shape index (κ1) is 20.4. The second-order valence-electron chi connectivity index (χ2n) is 7.41. The number of ether oxygens (including phenoxy) is 1. The number of nitrogens with zero attached hydrogens (tertiary/aromatic N) is 2. The van der Waals surface area contributed by atoms with Crippen molar-refractivity contribution in [1.29, 1.82) is 0 Å². The van der Waals surface area contributed by atoms with Gasteiger partial charge in [-0.05, 0) is 31.9 Å². The summed E-state index contributed by atoms with van der Waals surface area (Å²) in [5, 5.41) is 5.56. The predicted molar refractivity (Wildman–Crippen MR) is 108 cm³/mol. The lowest BCUT2D eigenvalue weighted by Crippen LogP contribution is -2.53. The van der Waals surface area contributed by atoms with Gasteiger partial charge in [-0.25, -0.2) is 9.59 Å². The molecule has 2 amide bonds. The molecule has 2 heterocycles. The van der Waals surface area contributed by atoms with Gasteiger partial charge in [-0.2, -0.15) is 0 Å². The van der Waals surface area contributed by atoms with Crippen molar-refractivity contribution in [2.45, 2.75) is 33.4 Å². The molecule has 3 rings (SSSR count). The van der Waals surface area contributed by atoms with E-state index in [-0.39, 0.29) is 18.0 Å². The van der Waals surface area contributed by atoms with Crippen LogP contribution in [-0.2, 0) is 16.1 Å². The number of hydrogen-bond donors (Lipinski definition) is 2. The number of nitrogens with one attached hydrogen (secondary N) is 2. The van der Waals surface area contributed by atoms with Crippen molar-refractivity contribution in [3.8, 4) is 0 Å². The van der Waals surface area contributed by atoms with Crippen molar-refractivity contribution in [1.82, 2.24) is 20.4 Å². The first-order valence-corrected chi connectivity index (χ1v) is 9.94. The number of benzene rings is 1. The number of urea groups is 1. The van der Waals surface area contributed by atoms with Gasteiger partial charge in [0.15, 0.2) is 0 Å². The minimum Gasteiger partial charge on any atom is -0.463 e. The van der Waals surface area contributed by atoms with Crippen LogP contribution in [0, 0.1) is 6.92 Å². The van der Waals surface area contributed by atoms with Crippen molar-refractivity contribution in [3.63, 3.8) is 0 Å². The van der Waals surface area contributed by atoms with E-state index in [1.165, 1.54) is 11.1 Å². The molecule has 0 bridgehead atoms. The van der Waals surface area contributed by atoms with E-state index in [1.54, 1.807) is 6.92 Å². The predicted octanol–water partition coefficient (Wildman–Crippen LogP) is 1.63. The van der Waals surface area contributed by atoms with E-state index in [9.17, 15) is 9.59 Å². The Morgan fingerprint density at radius 1 is 1.14 bits per heavy atom. The molecular weight excluding hydrogens is 356 g/mol. The van der Waals surface area contributed by atoms with Crippen LogP contribution >= 0.6 is 0 Å². The topological polar surface area (TPSA) is 73.9 Å². The summed E-state index contributed by atoms with van der Waals surface area (Å²) in [6.45, 7) is 11.3. The summed E-state index contributed by atoms with van der Waals surface area (Å²) in [4.78, 5) is 29.0. The van der Waals surface area contributed by atoms with Crippen LogP contribution in [0.25, 0.3) is 0 Å². The summed E-state index contributed by atoms with van der Waals surface area (Å²) in [6.07, 6.45) is 0. The van der Waals surface area contributed by atoms with E-state index in [0.717, 1.165) is 32.7 Å². The first-order valence-electron chi connectivity index (χ1n) is 9.94. The van der Waals surface area contributed by atoms with Crippen LogP contribution in [0.5, 0.6) is 0 Å². The molecule has 2 aliphatic rings. The Kier molecular flexibility index (Phi) is 6.70. The number of hydrogen-bond acceptors (Lipinski definition) is 5. The number of aryl methyl sites for hydroxylation is 1. The molecule has 0 radical (unpaired) electrons. The molecular formula is C21H30N4O3. The minimum absolute atomic E-state index is 0.270. The quantitative estimate of drug-likeness (QED) is 0.727.